The van der Waals surface area contributed by atoms with Crippen LogP contribution in [0.2, 0.25) is 0 Å². The van der Waals surface area contributed by atoms with E-state index in [2.05, 4.69) is 25.6 Å². The number of anilines is 1. The van der Waals surface area contributed by atoms with Crippen molar-refractivity contribution in [2.75, 3.05) is 5.43 Å². The van der Waals surface area contributed by atoms with Gasteiger partial charge in [0.25, 0.3) is 0 Å². The first kappa shape index (κ1) is 17.9. The molecule has 9 heteroatoms. The molecule has 4 aromatic rings. The van der Waals surface area contributed by atoms with Crippen molar-refractivity contribution in [3.8, 4) is 11.3 Å². The summed E-state index contributed by atoms with van der Waals surface area (Å²) in [6, 6.07) is 12.2. The third kappa shape index (κ3) is 4.26. The lowest BCUT2D eigenvalue weighted by atomic mass is 10.1. The highest BCUT2D eigenvalue weighted by atomic mass is 32.1. The molecule has 0 saturated heterocycles. The fourth-order valence-electron chi connectivity index (χ4n) is 2.49. The Labute approximate surface area is 163 Å². The van der Waals surface area contributed by atoms with Crippen LogP contribution in [-0.2, 0) is 6.54 Å². The van der Waals surface area contributed by atoms with Gasteiger partial charge in [-0.2, -0.15) is 10.2 Å². The molecule has 0 fully saturated rings. The van der Waals surface area contributed by atoms with E-state index in [4.69, 9.17) is 0 Å². The van der Waals surface area contributed by atoms with E-state index in [9.17, 15) is 8.78 Å². The lowest BCUT2D eigenvalue weighted by Crippen LogP contribution is -2.14. The zero-order valence-electron chi connectivity index (χ0n) is 14.5. The molecule has 140 valence electrons. The van der Waals surface area contributed by atoms with Crippen LogP contribution in [0.15, 0.2) is 71.7 Å². The van der Waals surface area contributed by atoms with Crippen molar-refractivity contribution in [2.45, 2.75) is 6.54 Å². The highest BCUT2D eigenvalue weighted by Crippen LogP contribution is 2.25. The SMILES string of the molecule is Fc1ccc(/C(Cn2cncn2)=N\Nc2nc(-c3ccc(F)cc3)cs2)cc1. The highest BCUT2D eigenvalue weighted by molar-refractivity contribution is 7.14. The summed E-state index contributed by atoms with van der Waals surface area (Å²) in [5.74, 6) is -0.611. The number of benzene rings is 2. The number of rotatable bonds is 6. The molecule has 1 N–H and O–H groups in total. The van der Waals surface area contributed by atoms with E-state index in [0.717, 1.165) is 16.8 Å². The lowest BCUT2D eigenvalue weighted by molar-refractivity contribution is 0.627. The quantitative estimate of drug-likeness (QED) is 0.392. The summed E-state index contributed by atoms with van der Waals surface area (Å²) in [5.41, 5.74) is 5.87. The van der Waals surface area contributed by atoms with Gasteiger partial charge in [0.15, 0.2) is 0 Å². The van der Waals surface area contributed by atoms with Crippen LogP contribution in [-0.4, -0.2) is 25.5 Å². The number of hydrogen-bond donors (Lipinski definition) is 1. The number of nitrogens with one attached hydrogen (secondary N) is 1. The predicted molar refractivity (Wildman–Crippen MR) is 104 cm³/mol. The Morgan fingerprint density at radius 1 is 1.04 bits per heavy atom. The van der Waals surface area contributed by atoms with Crippen molar-refractivity contribution in [1.82, 2.24) is 19.7 Å². The minimum atomic E-state index is -0.319. The van der Waals surface area contributed by atoms with Gasteiger partial charge in [0.2, 0.25) is 5.13 Å². The Morgan fingerprint density at radius 3 is 2.43 bits per heavy atom. The number of aromatic nitrogens is 4. The van der Waals surface area contributed by atoms with E-state index in [0.29, 0.717) is 17.4 Å². The van der Waals surface area contributed by atoms with Crippen LogP contribution in [0.3, 0.4) is 0 Å². The number of halogens is 2. The molecule has 0 radical (unpaired) electrons. The second-order valence-corrected chi connectivity index (χ2v) is 6.67. The molecule has 6 nitrogen and oxygen atoms in total. The van der Waals surface area contributed by atoms with Gasteiger partial charge < -0.3 is 0 Å². The van der Waals surface area contributed by atoms with Crippen LogP contribution < -0.4 is 5.43 Å². The van der Waals surface area contributed by atoms with Crippen LogP contribution in [0.5, 0.6) is 0 Å². The van der Waals surface area contributed by atoms with Crippen molar-refractivity contribution in [3.63, 3.8) is 0 Å². The Morgan fingerprint density at radius 2 is 1.75 bits per heavy atom. The van der Waals surface area contributed by atoms with Crippen LogP contribution in [0.1, 0.15) is 5.56 Å². The third-order valence-corrected chi connectivity index (χ3v) is 4.63. The summed E-state index contributed by atoms with van der Waals surface area (Å²) < 4.78 is 27.9. The van der Waals surface area contributed by atoms with Gasteiger partial charge >= 0.3 is 0 Å². The number of hydrazone groups is 1. The van der Waals surface area contributed by atoms with Crippen molar-refractivity contribution >= 4 is 22.2 Å². The maximum Gasteiger partial charge on any atom is 0.203 e. The second-order valence-electron chi connectivity index (χ2n) is 5.82. The smallest absolute Gasteiger partial charge is 0.203 e. The fourth-order valence-corrected chi connectivity index (χ4v) is 3.16. The number of thiazole rings is 1. The Hall–Kier alpha value is -3.46. The molecule has 0 saturated carbocycles. The van der Waals surface area contributed by atoms with Crippen LogP contribution >= 0.6 is 11.3 Å². The normalized spacial score (nSPS) is 11.6. The largest absolute Gasteiger partial charge is 0.252 e. The average Bonchev–Trinajstić information content (AvgIpc) is 3.38. The molecule has 2 aromatic carbocycles. The highest BCUT2D eigenvalue weighted by Gasteiger charge is 2.08. The van der Waals surface area contributed by atoms with Crippen LogP contribution in [0.4, 0.5) is 13.9 Å². The van der Waals surface area contributed by atoms with Gasteiger partial charge in [0.1, 0.15) is 24.3 Å². The van der Waals surface area contributed by atoms with Gasteiger partial charge in [-0.25, -0.2) is 23.4 Å². The zero-order chi connectivity index (χ0) is 19.3. The maximum absolute atomic E-state index is 13.3. The van der Waals surface area contributed by atoms with Crippen molar-refractivity contribution in [2.24, 2.45) is 5.10 Å². The molecule has 4 rings (SSSR count). The molecule has 28 heavy (non-hydrogen) atoms. The van der Waals surface area contributed by atoms with E-state index in [1.54, 1.807) is 35.3 Å². The molecule has 0 spiro atoms. The predicted octanol–water partition coefficient (Wildman–Crippen LogP) is 4.20. The van der Waals surface area contributed by atoms with E-state index in [-0.39, 0.29) is 11.6 Å². The summed E-state index contributed by atoms with van der Waals surface area (Å²) in [6.07, 6.45) is 3.01. The third-order valence-electron chi connectivity index (χ3n) is 3.89. The van der Waals surface area contributed by atoms with Gasteiger partial charge in [0, 0.05) is 10.9 Å². The summed E-state index contributed by atoms with van der Waals surface area (Å²) in [4.78, 5) is 8.39. The van der Waals surface area contributed by atoms with Crippen LogP contribution in [0, 0.1) is 11.6 Å². The first-order chi connectivity index (χ1) is 13.7. The van der Waals surface area contributed by atoms with Gasteiger partial charge in [-0.3, -0.25) is 5.43 Å². The molecule has 0 atom stereocenters. The van der Waals surface area contributed by atoms with Crippen molar-refractivity contribution in [1.29, 1.82) is 0 Å². The van der Waals surface area contributed by atoms with Gasteiger partial charge in [-0.15, -0.1) is 11.3 Å². The topological polar surface area (TPSA) is 68.0 Å². The van der Waals surface area contributed by atoms with E-state index in [1.807, 2.05) is 5.38 Å². The minimum absolute atomic E-state index is 0.293. The zero-order valence-corrected chi connectivity index (χ0v) is 15.3. The Bertz CT molecular complexity index is 1070. The summed E-state index contributed by atoms with van der Waals surface area (Å²) >= 11 is 1.38. The summed E-state index contributed by atoms with van der Waals surface area (Å²) in [7, 11) is 0. The Kier molecular flexibility index (Phi) is 5.16. The molecule has 0 unspecified atom stereocenters. The first-order valence-corrected chi connectivity index (χ1v) is 9.18. The van der Waals surface area contributed by atoms with Gasteiger partial charge in [0.05, 0.1) is 18.0 Å². The number of hydrogen-bond acceptors (Lipinski definition) is 6. The van der Waals surface area contributed by atoms with E-state index in [1.165, 1.54) is 41.9 Å². The van der Waals surface area contributed by atoms with Gasteiger partial charge in [-0.05, 0) is 42.0 Å². The lowest BCUT2D eigenvalue weighted by Gasteiger charge is -2.07. The fraction of sp³-hybridized carbons (Fsp3) is 0.0526. The van der Waals surface area contributed by atoms with E-state index < -0.39 is 0 Å². The molecule has 0 aliphatic heterocycles. The molecular formula is C19H14F2N6S. The summed E-state index contributed by atoms with van der Waals surface area (Å²) in [6.45, 7) is 0.356. The molecule has 2 aromatic heterocycles. The standard InChI is InChI=1S/C19H14F2N6S/c20-15-5-1-13(2-6-15)17(9-27-12-22-11-23-27)25-26-19-24-18(10-28-19)14-3-7-16(21)8-4-14/h1-8,10-12H,9H2,(H,24,26)/b25-17-. The van der Waals surface area contributed by atoms with Crippen molar-refractivity contribution < 1.29 is 8.78 Å². The maximum atomic E-state index is 13.3. The van der Waals surface area contributed by atoms with Crippen molar-refractivity contribution in [3.05, 3.63) is 83.8 Å². The minimum Gasteiger partial charge on any atom is -0.252 e. The van der Waals surface area contributed by atoms with E-state index >= 15 is 0 Å². The molecule has 0 aliphatic rings. The Balaban J connectivity index is 1.56. The van der Waals surface area contributed by atoms with Gasteiger partial charge in [-0.1, -0.05) is 12.1 Å². The molecule has 2 heterocycles. The summed E-state index contributed by atoms with van der Waals surface area (Å²) in [5, 5.41) is 11.0. The molecule has 0 amide bonds. The first-order valence-electron chi connectivity index (χ1n) is 8.30. The monoisotopic (exact) mass is 396 g/mol. The molecule has 0 aliphatic carbocycles. The second kappa shape index (κ2) is 8.05. The van der Waals surface area contributed by atoms with Crippen LogP contribution in [0.25, 0.3) is 11.3 Å². The average molecular weight is 396 g/mol. The number of nitrogens with zero attached hydrogens (tertiary/aromatic N) is 5. The molecular weight excluding hydrogens is 382 g/mol. The molecule has 0 bridgehead atoms.